The average Bonchev–Trinajstić information content (AvgIpc) is 1.64. The number of rotatable bonds is 0. The molecule has 0 aromatic heterocycles. The van der Waals surface area contributed by atoms with Crippen LogP contribution in [0.25, 0.3) is 0 Å². The molecule has 3 heteroatoms. The van der Waals surface area contributed by atoms with E-state index in [4.69, 9.17) is 5.73 Å². The minimum Gasteiger partial charge on any atom is -0.327 e. The predicted molar refractivity (Wildman–Crippen MR) is 42.8 cm³/mol. The third-order valence-electron chi connectivity index (χ3n) is 1.41. The van der Waals surface area contributed by atoms with Gasteiger partial charge in [-0.15, -0.1) is 0 Å². The van der Waals surface area contributed by atoms with Gasteiger partial charge in [0.25, 0.3) is 0 Å². The van der Waals surface area contributed by atoms with Crippen LogP contribution >= 0.6 is 22.9 Å². The lowest BCUT2D eigenvalue weighted by atomic mass is 10.1. The molecular weight excluding hydrogens is 215 g/mol. The number of nitrogens with two attached hydrogens (primary N) is 1. The van der Waals surface area contributed by atoms with Crippen LogP contribution in [0.5, 0.6) is 0 Å². The Balaban J connectivity index is 2.23. The van der Waals surface area contributed by atoms with E-state index in [-0.39, 0.29) is 0 Å². The van der Waals surface area contributed by atoms with E-state index in [1.54, 1.807) is 0 Å². The smallest absolute Gasteiger partial charge is 0.0233 e. The Morgan fingerprint density at radius 3 is 2.75 bits per heavy atom. The van der Waals surface area contributed by atoms with Crippen LogP contribution in [0.4, 0.5) is 0 Å². The molecule has 0 amide bonds. The normalized spacial score (nSPS) is 33.0. The van der Waals surface area contributed by atoms with E-state index in [1.165, 1.54) is 19.4 Å². The van der Waals surface area contributed by atoms with E-state index >= 15 is 0 Å². The highest BCUT2D eigenvalue weighted by atomic mass is 127. The Kier molecular flexibility index (Phi) is 2.52. The van der Waals surface area contributed by atoms with E-state index in [1.807, 2.05) is 0 Å². The molecule has 0 radical (unpaired) electrons. The first kappa shape index (κ1) is 6.77. The van der Waals surface area contributed by atoms with E-state index in [2.05, 4.69) is 26.0 Å². The molecule has 0 aromatic rings. The van der Waals surface area contributed by atoms with Gasteiger partial charge in [0.2, 0.25) is 0 Å². The van der Waals surface area contributed by atoms with Crippen molar-refractivity contribution >= 4 is 22.9 Å². The number of nitrogens with zero attached hydrogens (tertiary/aromatic N) is 1. The van der Waals surface area contributed by atoms with E-state index < -0.39 is 0 Å². The summed E-state index contributed by atoms with van der Waals surface area (Å²) in [4.78, 5) is 0. The lowest BCUT2D eigenvalue weighted by molar-refractivity contribution is 0.365. The second kappa shape index (κ2) is 2.98. The molecule has 0 aromatic carbocycles. The number of hydrogen-bond donors (Lipinski definition) is 1. The standard InChI is InChI=1S/C5H11IN2/c6-8-3-1-2-5(7)4-8/h5H,1-4,7H2/t5-/m1/s1. The average molecular weight is 226 g/mol. The topological polar surface area (TPSA) is 29.3 Å². The number of piperidine rings is 1. The summed E-state index contributed by atoms with van der Waals surface area (Å²) in [7, 11) is 0. The van der Waals surface area contributed by atoms with Crippen molar-refractivity contribution in [2.24, 2.45) is 5.73 Å². The number of hydrogen-bond acceptors (Lipinski definition) is 2. The summed E-state index contributed by atoms with van der Waals surface area (Å²) < 4.78 is 2.26. The first-order valence-electron chi connectivity index (χ1n) is 2.95. The second-order valence-corrected chi connectivity index (χ2v) is 3.64. The van der Waals surface area contributed by atoms with Crippen LogP contribution in [-0.2, 0) is 0 Å². The van der Waals surface area contributed by atoms with Crippen LogP contribution in [0.3, 0.4) is 0 Å². The van der Waals surface area contributed by atoms with Crippen LogP contribution in [0.2, 0.25) is 0 Å². The maximum absolute atomic E-state index is 5.68. The van der Waals surface area contributed by atoms with Gasteiger partial charge in [-0.05, 0) is 12.8 Å². The summed E-state index contributed by atoms with van der Waals surface area (Å²) in [5.41, 5.74) is 5.68. The molecule has 0 saturated carbocycles. The molecule has 0 spiro atoms. The molecule has 2 N–H and O–H groups in total. The third-order valence-corrected chi connectivity index (χ3v) is 2.28. The van der Waals surface area contributed by atoms with Crippen molar-refractivity contribution in [2.75, 3.05) is 13.1 Å². The fourth-order valence-electron chi connectivity index (χ4n) is 0.962. The fraction of sp³-hybridized carbons (Fsp3) is 1.00. The Bertz CT molecular complexity index is 68.8. The van der Waals surface area contributed by atoms with Crippen molar-refractivity contribution in [3.05, 3.63) is 0 Å². The van der Waals surface area contributed by atoms with Gasteiger partial charge in [-0.1, -0.05) is 0 Å². The first-order valence-corrected chi connectivity index (χ1v) is 3.92. The Labute approximate surface area is 63.9 Å². The van der Waals surface area contributed by atoms with Gasteiger partial charge in [-0.2, -0.15) is 0 Å². The number of halogens is 1. The van der Waals surface area contributed by atoms with Crippen molar-refractivity contribution in [3.63, 3.8) is 0 Å². The van der Waals surface area contributed by atoms with Gasteiger partial charge in [0.05, 0.1) is 0 Å². The molecule has 1 aliphatic heterocycles. The maximum Gasteiger partial charge on any atom is 0.0233 e. The molecule has 1 heterocycles. The lowest BCUT2D eigenvalue weighted by Gasteiger charge is -2.24. The Morgan fingerprint density at radius 2 is 2.38 bits per heavy atom. The van der Waals surface area contributed by atoms with Gasteiger partial charge in [-0.3, -0.25) is 0 Å². The van der Waals surface area contributed by atoms with Crippen LogP contribution in [0, 0.1) is 0 Å². The van der Waals surface area contributed by atoms with E-state index in [0.717, 1.165) is 6.54 Å². The Morgan fingerprint density at radius 1 is 1.62 bits per heavy atom. The zero-order chi connectivity index (χ0) is 5.98. The second-order valence-electron chi connectivity index (χ2n) is 2.27. The zero-order valence-electron chi connectivity index (χ0n) is 4.81. The van der Waals surface area contributed by atoms with Gasteiger partial charge < -0.3 is 5.73 Å². The molecule has 1 fully saturated rings. The molecule has 8 heavy (non-hydrogen) atoms. The van der Waals surface area contributed by atoms with Gasteiger partial charge in [0, 0.05) is 42.0 Å². The van der Waals surface area contributed by atoms with Crippen LogP contribution < -0.4 is 5.73 Å². The van der Waals surface area contributed by atoms with E-state index in [9.17, 15) is 0 Å². The molecule has 0 bridgehead atoms. The maximum atomic E-state index is 5.68. The first-order chi connectivity index (χ1) is 3.79. The molecule has 2 nitrogen and oxygen atoms in total. The third kappa shape index (κ3) is 1.87. The van der Waals surface area contributed by atoms with Crippen LogP contribution in [0.1, 0.15) is 12.8 Å². The summed E-state index contributed by atoms with van der Waals surface area (Å²) in [6.07, 6.45) is 2.48. The monoisotopic (exact) mass is 226 g/mol. The summed E-state index contributed by atoms with van der Waals surface area (Å²) in [5.74, 6) is 0. The van der Waals surface area contributed by atoms with Gasteiger partial charge in [0.1, 0.15) is 0 Å². The highest BCUT2D eigenvalue weighted by Gasteiger charge is 2.12. The van der Waals surface area contributed by atoms with Crippen molar-refractivity contribution in [1.29, 1.82) is 0 Å². The molecule has 1 rings (SSSR count). The molecular formula is C5H11IN2. The fourth-order valence-corrected chi connectivity index (χ4v) is 1.81. The minimum absolute atomic E-state index is 0.431. The summed E-state index contributed by atoms with van der Waals surface area (Å²) >= 11 is 2.33. The van der Waals surface area contributed by atoms with Crippen molar-refractivity contribution in [1.82, 2.24) is 3.11 Å². The highest BCUT2D eigenvalue weighted by molar-refractivity contribution is 14.1. The predicted octanol–water partition coefficient (Wildman–Crippen LogP) is 0.760. The molecule has 48 valence electrons. The quantitative estimate of drug-likeness (QED) is 0.488. The molecule has 1 aliphatic rings. The van der Waals surface area contributed by atoms with Crippen molar-refractivity contribution < 1.29 is 0 Å². The minimum atomic E-state index is 0.431. The van der Waals surface area contributed by atoms with Gasteiger partial charge in [0.15, 0.2) is 0 Å². The molecule has 1 saturated heterocycles. The molecule has 0 aliphatic carbocycles. The summed E-state index contributed by atoms with van der Waals surface area (Å²) in [5, 5.41) is 0. The summed E-state index contributed by atoms with van der Waals surface area (Å²) in [6.45, 7) is 2.29. The largest absolute Gasteiger partial charge is 0.327 e. The SMILES string of the molecule is N[C@@H]1CCCN(I)C1. The van der Waals surface area contributed by atoms with Gasteiger partial charge >= 0.3 is 0 Å². The molecule has 0 unspecified atom stereocenters. The zero-order valence-corrected chi connectivity index (χ0v) is 6.97. The van der Waals surface area contributed by atoms with E-state index in [0.29, 0.717) is 6.04 Å². The molecule has 1 atom stereocenters. The summed E-state index contributed by atoms with van der Waals surface area (Å²) in [6, 6.07) is 0.431. The van der Waals surface area contributed by atoms with Crippen molar-refractivity contribution in [3.8, 4) is 0 Å². The Hall–Kier alpha value is 0.650. The lowest BCUT2D eigenvalue weighted by Crippen LogP contribution is -2.37. The highest BCUT2D eigenvalue weighted by Crippen LogP contribution is 2.11. The van der Waals surface area contributed by atoms with Gasteiger partial charge in [-0.25, -0.2) is 3.11 Å². The van der Waals surface area contributed by atoms with Crippen LogP contribution in [0.15, 0.2) is 0 Å². The van der Waals surface area contributed by atoms with Crippen LogP contribution in [-0.4, -0.2) is 22.2 Å². The van der Waals surface area contributed by atoms with Crippen molar-refractivity contribution in [2.45, 2.75) is 18.9 Å².